The Kier molecular flexibility index (Phi) is 3.92. The Balaban J connectivity index is 1.69. The summed E-state index contributed by atoms with van der Waals surface area (Å²) in [5, 5.41) is 3.06. The molecule has 1 aliphatic heterocycles. The number of benzene rings is 1. The molecule has 0 saturated heterocycles. The first-order valence-corrected chi connectivity index (χ1v) is 7.54. The number of hydrogen-bond donors (Lipinski definition) is 2. The summed E-state index contributed by atoms with van der Waals surface area (Å²) >= 11 is 0. The minimum Gasteiger partial charge on any atom is -0.493 e. The van der Waals surface area contributed by atoms with E-state index in [1.807, 2.05) is 18.2 Å². The molecule has 0 radical (unpaired) electrons. The van der Waals surface area contributed by atoms with E-state index in [2.05, 4.69) is 5.32 Å². The summed E-state index contributed by atoms with van der Waals surface area (Å²) in [4.78, 5) is 12.4. The van der Waals surface area contributed by atoms with Crippen molar-refractivity contribution in [1.29, 1.82) is 0 Å². The topological polar surface area (TPSA) is 64.4 Å². The standard InChI is InChI=1S/C16H22N2O2/c17-10-12-3-1-2-4-14(12)16(19)18-13-5-6-15-11(9-13)7-8-20-15/h5-6,9,12,14H,1-4,7-8,10,17H2,(H,18,19). The van der Waals surface area contributed by atoms with E-state index in [4.69, 9.17) is 10.5 Å². The summed E-state index contributed by atoms with van der Waals surface area (Å²) in [5.74, 6) is 1.47. The fraction of sp³-hybridized carbons (Fsp3) is 0.562. The Morgan fingerprint density at radius 1 is 1.35 bits per heavy atom. The van der Waals surface area contributed by atoms with Crippen LogP contribution in [0.5, 0.6) is 5.75 Å². The van der Waals surface area contributed by atoms with Crippen LogP contribution in [0.25, 0.3) is 0 Å². The molecule has 108 valence electrons. The predicted octanol–water partition coefficient (Wildman–Crippen LogP) is 2.33. The fourth-order valence-electron chi connectivity index (χ4n) is 3.33. The molecule has 0 aromatic heterocycles. The number of nitrogens with one attached hydrogen (secondary N) is 1. The minimum atomic E-state index is 0.0678. The molecular weight excluding hydrogens is 252 g/mol. The number of carbonyl (C=O) groups is 1. The lowest BCUT2D eigenvalue weighted by Gasteiger charge is -2.29. The van der Waals surface area contributed by atoms with Gasteiger partial charge in [-0.2, -0.15) is 0 Å². The van der Waals surface area contributed by atoms with Crippen LogP contribution in [0, 0.1) is 11.8 Å². The largest absolute Gasteiger partial charge is 0.493 e. The zero-order valence-corrected chi connectivity index (χ0v) is 11.7. The van der Waals surface area contributed by atoms with E-state index in [9.17, 15) is 4.79 Å². The highest BCUT2D eigenvalue weighted by Gasteiger charge is 2.30. The van der Waals surface area contributed by atoms with Crippen LogP contribution >= 0.6 is 0 Å². The molecule has 3 rings (SSSR count). The first-order chi connectivity index (χ1) is 9.78. The molecule has 0 bridgehead atoms. The van der Waals surface area contributed by atoms with Crippen molar-refractivity contribution in [2.45, 2.75) is 32.1 Å². The Morgan fingerprint density at radius 2 is 2.20 bits per heavy atom. The van der Waals surface area contributed by atoms with Gasteiger partial charge in [-0.25, -0.2) is 0 Å². The molecule has 2 atom stereocenters. The van der Waals surface area contributed by atoms with E-state index < -0.39 is 0 Å². The highest BCUT2D eigenvalue weighted by atomic mass is 16.5. The molecule has 1 aromatic rings. The third-order valence-corrected chi connectivity index (χ3v) is 4.51. The molecule has 1 aliphatic carbocycles. The van der Waals surface area contributed by atoms with Crippen LogP contribution in [-0.2, 0) is 11.2 Å². The van der Waals surface area contributed by atoms with Crippen molar-refractivity contribution in [1.82, 2.24) is 0 Å². The number of ether oxygens (including phenoxy) is 1. The van der Waals surface area contributed by atoms with Gasteiger partial charge >= 0.3 is 0 Å². The van der Waals surface area contributed by atoms with Gasteiger partial charge in [0.1, 0.15) is 5.75 Å². The Bertz CT molecular complexity index is 501. The average Bonchev–Trinajstić information content (AvgIpc) is 2.94. The molecule has 2 aliphatic rings. The fourth-order valence-corrected chi connectivity index (χ4v) is 3.33. The molecule has 1 heterocycles. The second kappa shape index (κ2) is 5.83. The monoisotopic (exact) mass is 274 g/mol. The van der Waals surface area contributed by atoms with Gasteiger partial charge < -0.3 is 15.8 Å². The van der Waals surface area contributed by atoms with Gasteiger partial charge in [-0.1, -0.05) is 12.8 Å². The number of amides is 1. The lowest BCUT2D eigenvalue weighted by atomic mass is 9.78. The summed E-state index contributed by atoms with van der Waals surface area (Å²) < 4.78 is 5.48. The lowest BCUT2D eigenvalue weighted by Crippen LogP contribution is -2.35. The molecule has 1 saturated carbocycles. The van der Waals surface area contributed by atoms with Gasteiger partial charge in [-0.05, 0) is 49.1 Å². The SMILES string of the molecule is NCC1CCCCC1C(=O)Nc1ccc2c(c1)CCO2. The summed E-state index contributed by atoms with van der Waals surface area (Å²) in [6.07, 6.45) is 5.29. The number of carbonyl (C=O) groups excluding carboxylic acids is 1. The van der Waals surface area contributed by atoms with Crippen LogP contribution in [0.15, 0.2) is 18.2 Å². The van der Waals surface area contributed by atoms with E-state index in [1.165, 1.54) is 12.0 Å². The van der Waals surface area contributed by atoms with Crippen LogP contribution in [-0.4, -0.2) is 19.1 Å². The van der Waals surface area contributed by atoms with E-state index in [-0.39, 0.29) is 11.8 Å². The van der Waals surface area contributed by atoms with Crippen molar-refractivity contribution in [2.75, 3.05) is 18.5 Å². The van der Waals surface area contributed by atoms with Crippen LogP contribution in [0.2, 0.25) is 0 Å². The highest BCUT2D eigenvalue weighted by Crippen LogP contribution is 2.32. The van der Waals surface area contributed by atoms with E-state index in [0.717, 1.165) is 43.7 Å². The molecule has 20 heavy (non-hydrogen) atoms. The van der Waals surface area contributed by atoms with Gasteiger partial charge in [0.25, 0.3) is 0 Å². The second-order valence-corrected chi connectivity index (χ2v) is 5.80. The second-order valence-electron chi connectivity index (χ2n) is 5.80. The normalized spacial score (nSPS) is 24.9. The summed E-state index contributed by atoms with van der Waals surface area (Å²) in [6.45, 7) is 1.35. The van der Waals surface area contributed by atoms with Gasteiger partial charge in [0, 0.05) is 18.0 Å². The predicted molar refractivity (Wildman–Crippen MR) is 78.8 cm³/mol. The molecule has 1 amide bonds. The average molecular weight is 274 g/mol. The maximum atomic E-state index is 12.4. The first-order valence-electron chi connectivity index (χ1n) is 7.54. The van der Waals surface area contributed by atoms with Crippen molar-refractivity contribution < 1.29 is 9.53 Å². The van der Waals surface area contributed by atoms with Gasteiger partial charge in [-0.15, -0.1) is 0 Å². The Hall–Kier alpha value is -1.55. The van der Waals surface area contributed by atoms with E-state index >= 15 is 0 Å². The van der Waals surface area contributed by atoms with Crippen molar-refractivity contribution >= 4 is 11.6 Å². The van der Waals surface area contributed by atoms with Crippen molar-refractivity contribution in [3.05, 3.63) is 23.8 Å². The van der Waals surface area contributed by atoms with Crippen LogP contribution in [0.4, 0.5) is 5.69 Å². The van der Waals surface area contributed by atoms with Crippen LogP contribution < -0.4 is 15.8 Å². The van der Waals surface area contributed by atoms with Crippen LogP contribution in [0.1, 0.15) is 31.2 Å². The molecule has 0 spiro atoms. The smallest absolute Gasteiger partial charge is 0.227 e. The number of anilines is 1. The van der Waals surface area contributed by atoms with E-state index in [0.29, 0.717) is 12.5 Å². The Labute approximate surface area is 119 Å². The van der Waals surface area contributed by atoms with Gasteiger partial charge in [0.2, 0.25) is 5.91 Å². The maximum Gasteiger partial charge on any atom is 0.227 e. The van der Waals surface area contributed by atoms with Gasteiger partial charge in [0.15, 0.2) is 0 Å². The lowest BCUT2D eigenvalue weighted by molar-refractivity contribution is -0.122. The molecule has 1 aromatic carbocycles. The van der Waals surface area contributed by atoms with E-state index in [1.54, 1.807) is 0 Å². The van der Waals surface area contributed by atoms with Gasteiger partial charge in [-0.3, -0.25) is 4.79 Å². The quantitative estimate of drug-likeness (QED) is 0.889. The van der Waals surface area contributed by atoms with Crippen LogP contribution in [0.3, 0.4) is 0 Å². The number of hydrogen-bond acceptors (Lipinski definition) is 3. The molecular formula is C16H22N2O2. The van der Waals surface area contributed by atoms with Crippen molar-refractivity contribution in [3.8, 4) is 5.75 Å². The molecule has 4 nitrogen and oxygen atoms in total. The molecule has 3 N–H and O–H groups in total. The minimum absolute atomic E-state index is 0.0678. The summed E-state index contributed by atoms with van der Waals surface area (Å²) in [7, 11) is 0. The highest BCUT2D eigenvalue weighted by molar-refractivity contribution is 5.93. The first kappa shape index (κ1) is 13.4. The molecule has 1 fully saturated rings. The Morgan fingerprint density at radius 3 is 3.05 bits per heavy atom. The third kappa shape index (κ3) is 2.66. The van der Waals surface area contributed by atoms with Gasteiger partial charge in [0.05, 0.1) is 6.61 Å². The number of nitrogens with two attached hydrogens (primary N) is 1. The number of rotatable bonds is 3. The zero-order chi connectivity index (χ0) is 13.9. The summed E-state index contributed by atoms with van der Waals surface area (Å²) in [5.41, 5.74) is 7.86. The maximum absolute atomic E-state index is 12.4. The third-order valence-electron chi connectivity index (χ3n) is 4.51. The van der Waals surface area contributed by atoms with Crippen molar-refractivity contribution in [2.24, 2.45) is 17.6 Å². The molecule has 4 heteroatoms. The van der Waals surface area contributed by atoms with Crippen molar-refractivity contribution in [3.63, 3.8) is 0 Å². The number of fused-ring (bicyclic) bond motifs is 1. The summed E-state index contributed by atoms with van der Waals surface area (Å²) in [6, 6.07) is 5.89. The molecule has 2 unspecified atom stereocenters. The zero-order valence-electron chi connectivity index (χ0n) is 11.7.